The third-order valence-corrected chi connectivity index (χ3v) is 5.18. The van der Waals surface area contributed by atoms with Gasteiger partial charge in [0.05, 0.1) is 5.56 Å². The second-order valence-corrected chi connectivity index (χ2v) is 6.78. The maximum Gasteiger partial charge on any atom is 0.335 e. The van der Waals surface area contributed by atoms with Gasteiger partial charge in [0.1, 0.15) is 5.60 Å². The second-order valence-electron chi connectivity index (χ2n) is 6.78. The molecule has 0 amide bonds. The van der Waals surface area contributed by atoms with Gasteiger partial charge in [0.15, 0.2) is 11.6 Å². The summed E-state index contributed by atoms with van der Waals surface area (Å²) < 4.78 is 20.6. The summed E-state index contributed by atoms with van der Waals surface area (Å²) in [6.45, 7) is 0. The number of hydrogen-bond acceptors (Lipinski definition) is 2. The normalized spacial score (nSPS) is 15.9. The van der Waals surface area contributed by atoms with Crippen molar-refractivity contribution >= 4 is 16.7 Å². The van der Waals surface area contributed by atoms with Crippen molar-refractivity contribution in [2.75, 3.05) is 0 Å². The molecule has 0 spiro atoms. The highest BCUT2D eigenvalue weighted by Gasteiger charge is 2.39. The van der Waals surface area contributed by atoms with Gasteiger partial charge in [-0.2, -0.15) is 0 Å². The highest BCUT2D eigenvalue weighted by molar-refractivity contribution is 5.88. The fraction of sp³-hybridized carbons (Fsp3) is 0.227. The van der Waals surface area contributed by atoms with Gasteiger partial charge in [-0.25, -0.2) is 9.18 Å². The van der Waals surface area contributed by atoms with Crippen LogP contribution in [0.15, 0.2) is 60.7 Å². The van der Waals surface area contributed by atoms with Gasteiger partial charge in [0.2, 0.25) is 0 Å². The van der Waals surface area contributed by atoms with Gasteiger partial charge in [0.25, 0.3) is 0 Å². The van der Waals surface area contributed by atoms with Gasteiger partial charge >= 0.3 is 5.97 Å². The zero-order chi connectivity index (χ0) is 18.1. The third-order valence-electron chi connectivity index (χ3n) is 5.18. The molecule has 0 bridgehead atoms. The first kappa shape index (κ1) is 16.6. The molecule has 0 saturated heterocycles. The minimum absolute atomic E-state index is 0.000246. The van der Waals surface area contributed by atoms with Crippen molar-refractivity contribution < 1.29 is 19.0 Å². The largest absolute Gasteiger partial charge is 0.479 e. The molecule has 0 atom stereocenters. The van der Waals surface area contributed by atoms with Crippen LogP contribution in [0.3, 0.4) is 0 Å². The average molecular weight is 350 g/mol. The molecule has 3 aromatic carbocycles. The highest BCUT2D eigenvalue weighted by atomic mass is 19.1. The summed E-state index contributed by atoms with van der Waals surface area (Å²) >= 11 is 0. The molecule has 4 rings (SSSR count). The molecule has 1 aliphatic rings. The molecule has 0 unspecified atom stereocenters. The smallest absolute Gasteiger partial charge is 0.335 e. The highest BCUT2D eigenvalue weighted by Crippen LogP contribution is 2.45. The molecular formula is C22H19FO3. The van der Waals surface area contributed by atoms with Gasteiger partial charge in [-0.1, -0.05) is 42.5 Å². The first-order valence-corrected chi connectivity index (χ1v) is 8.79. The van der Waals surface area contributed by atoms with Gasteiger partial charge in [-0.15, -0.1) is 0 Å². The van der Waals surface area contributed by atoms with E-state index >= 15 is 0 Å². The van der Waals surface area contributed by atoms with Crippen LogP contribution in [0.4, 0.5) is 4.39 Å². The molecule has 0 aliphatic heterocycles. The molecule has 3 aromatic rings. The maximum absolute atomic E-state index is 14.4. The summed E-state index contributed by atoms with van der Waals surface area (Å²) in [5.74, 6) is -1.64. The Balaban J connectivity index is 1.83. The predicted molar refractivity (Wildman–Crippen MR) is 98.1 cm³/mol. The minimum Gasteiger partial charge on any atom is -0.479 e. The van der Waals surface area contributed by atoms with Crippen LogP contribution in [-0.2, 0) is 5.60 Å². The van der Waals surface area contributed by atoms with Gasteiger partial charge < -0.3 is 9.84 Å². The van der Waals surface area contributed by atoms with Gasteiger partial charge in [0, 0.05) is 5.56 Å². The van der Waals surface area contributed by atoms with E-state index in [2.05, 4.69) is 6.07 Å². The molecule has 1 N–H and O–H groups in total. The fourth-order valence-corrected chi connectivity index (χ4v) is 3.92. The first-order chi connectivity index (χ1) is 12.6. The molecule has 1 aliphatic carbocycles. The minimum atomic E-state index is -1.10. The van der Waals surface area contributed by atoms with Crippen LogP contribution in [0.2, 0.25) is 0 Å². The van der Waals surface area contributed by atoms with Crippen LogP contribution >= 0.6 is 0 Å². The number of benzene rings is 3. The molecule has 26 heavy (non-hydrogen) atoms. The van der Waals surface area contributed by atoms with Crippen LogP contribution in [0.5, 0.6) is 5.75 Å². The molecule has 1 saturated carbocycles. The molecule has 1 fully saturated rings. The number of halogens is 1. The Morgan fingerprint density at radius 3 is 2.50 bits per heavy atom. The molecule has 0 aromatic heterocycles. The molecule has 0 heterocycles. The van der Waals surface area contributed by atoms with Crippen LogP contribution in [-0.4, -0.2) is 11.1 Å². The van der Waals surface area contributed by atoms with Crippen LogP contribution in [0.25, 0.3) is 10.8 Å². The number of ether oxygens (including phenoxy) is 1. The Bertz CT molecular complexity index is 969. The zero-order valence-corrected chi connectivity index (χ0v) is 14.2. The molecule has 132 valence electrons. The van der Waals surface area contributed by atoms with Crippen molar-refractivity contribution in [3.05, 3.63) is 77.6 Å². The van der Waals surface area contributed by atoms with Crippen LogP contribution < -0.4 is 4.74 Å². The lowest BCUT2D eigenvalue weighted by molar-refractivity contribution is 0.0665. The Hall–Kier alpha value is -2.88. The van der Waals surface area contributed by atoms with Crippen LogP contribution in [0.1, 0.15) is 41.6 Å². The van der Waals surface area contributed by atoms with Crippen molar-refractivity contribution in [3.63, 3.8) is 0 Å². The number of fused-ring (bicyclic) bond motifs is 1. The Morgan fingerprint density at radius 2 is 1.73 bits per heavy atom. The first-order valence-electron chi connectivity index (χ1n) is 8.79. The molecule has 4 heteroatoms. The number of carboxylic acids is 1. The lowest BCUT2D eigenvalue weighted by Crippen LogP contribution is -2.30. The van der Waals surface area contributed by atoms with Crippen molar-refractivity contribution in [1.29, 1.82) is 0 Å². The Labute approximate surface area is 151 Å². The standard InChI is InChI=1S/C22H19FO3/c23-19-11-10-16(21(24)25)14-20(19)26-22(12-3-4-13-22)18-9-5-7-15-6-1-2-8-17(15)18/h1-2,5-11,14H,3-4,12-13H2,(H,24,25). The van der Waals surface area contributed by atoms with E-state index in [0.29, 0.717) is 0 Å². The lowest BCUT2D eigenvalue weighted by atomic mass is 9.87. The van der Waals surface area contributed by atoms with E-state index < -0.39 is 17.4 Å². The maximum atomic E-state index is 14.4. The molecular weight excluding hydrogens is 331 g/mol. The topological polar surface area (TPSA) is 46.5 Å². The summed E-state index contributed by atoms with van der Waals surface area (Å²) in [6.07, 6.45) is 3.53. The monoisotopic (exact) mass is 350 g/mol. The summed E-state index contributed by atoms with van der Waals surface area (Å²) in [4.78, 5) is 11.2. The fourth-order valence-electron chi connectivity index (χ4n) is 3.92. The van der Waals surface area contributed by atoms with Crippen molar-refractivity contribution in [2.24, 2.45) is 0 Å². The number of rotatable bonds is 4. The van der Waals surface area contributed by atoms with Crippen LogP contribution in [0, 0.1) is 5.82 Å². The number of hydrogen-bond donors (Lipinski definition) is 1. The zero-order valence-electron chi connectivity index (χ0n) is 14.2. The second kappa shape index (κ2) is 6.45. The van der Waals surface area contributed by atoms with E-state index in [-0.39, 0.29) is 11.3 Å². The summed E-state index contributed by atoms with van der Waals surface area (Å²) in [6, 6.07) is 17.8. The van der Waals surface area contributed by atoms with E-state index in [1.165, 1.54) is 12.1 Å². The summed E-state index contributed by atoms with van der Waals surface area (Å²) in [5.41, 5.74) is 0.416. The SMILES string of the molecule is O=C(O)c1ccc(F)c(OC2(c3cccc4ccccc34)CCCC2)c1. The quantitative estimate of drug-likeness (QED) is 0.673. The number of carbonyl (C=O) groups is 1. The number of carboxylic acid groups (broad SMARTS) is 1. The lowest BCUT2D eigenvalue weighted by Gasteiger charge is -2.32. The van der Waals surface area contributed by atoms with E-state index in [1.54, 1.807) is 0 Å². The Kier molecular flexibility index (Phi) is 4.11. The molecule has 0 radical (unpaired) electrons. The van der Waals surface area contributed by atoms with Gasteiger partial charge in [-0.3, -0.25) is 0 Å². The number of aromatic carboxylic acids is 1. The van der Waals surface area contributed by atoms with E-state index in [1.807, 2.05) is 36.4 Å². The average Bonchev–Trinajstić information content (AvgIpc) is 3.12. The van der Waals surface area contributed by atoms with E-state index in [4.69, 9.17) is 4.74 Å². The summed E-state index contributed by atoms with van der Waals surface area (Å²) in [7, 11) is 0. The van der Waals surface area contributed by atoms with E-state index in [0.717, 1.165) is 48.1 Å². The third kappa shape index (κ3) is 2.81. The van der Waals surface area contributed by atoms with Crippen molar-refractivity contribution in [1.82, 2.24) is 0 Å². The van der Waals surface area contributed by atoms with Crippen molar-refractivity contribution in [3.8, 4) is 5.75 Å². The van der Waals surface area contributed by atoms with Crippen molar-refractivity contribution in [2.45, 2.75) is 31.3 Å². The van der Waals surface area contributed by atoms with Gasteiger partial charge in [-0.05, 0) is 54.7 Å². The molecule has 3 nitrogen and oxygen atoms in total. The Morgan fingerprint density at radius 1 is 1.00 bits per heavy atom. The van der Waals surface area contributed by atoms with E-state index in [9.17, 15) is 14.3 Å². The predicted octanol–water partition coefficient (Wildman–Crippen LogP) is 5.53. The summed E-state index contributed by atoms with van der Waals surface area (Å²) in [5, 5.41) is 11.4.